The van der Waals surface area contributed by atoms with Crippen LogP contribution in [-0.2, 0) is 25.7 Å². The molecule has 2 amide bonds. The van der Waals surface area contributed by atoms with E-state index in [1.54, 1.807) is 9.80 Å². The Morgan fingerprint density at radius 3 is 1.31 bits per heavy atom. The quantitative estimate of drug-likeness (QED) is 0.135. The minimum atomic E-state index is -0.534. The number of ether oxygens (including phenoxy) is 2. The number of anilines is 2. The third-order valence-corrected chi connectivity index (χ3v) is 9.42. The molecule has 0 aliphatic carbocycles. The van der Waals surface area contributed by atoms with Crippen molar-refractivity contribution in [1.82, 2.24) is 0 Å². The van der Waals surface area contributed by atoms with E-state index in [2.05, 4.69) is 39.8 Å². The summed E-state index contributed by atoms with van der Waals surface area (Å²) in [6.07, 6.45) is 11.0. The van der Waals surface area contributed by atoms with Crippen molar-refractivity contribution in [2.75, 3.05) is 16.5 Å². The number of unbranched alkanes of at least 4 members (excludes halogenated alkanes) is 4. The number of hydrogen-bond donors (Lipinski definition) is 0. The molecule has 0 atom stereocenters. The van der Waals surface area contributed by atoms with Crippen LogP contribution in [0.1, 0.15) is 101 Å². The highest BCUT2D eigenvalue weighted by Gasteiger charge is 2.34. The molecule has 6 heteroatoms. The summed E-state index contributed by atoms with van der Waals surface area (Å²) >= 11 is 0. The topological polar surface area (TPSA) is 59.1 Å². The zero-order valence-corrected chi connectivity index (χ0v) is 29.8. The normalized spacial score (nSPS) is 12.2. The van der Waals surface area contributed by atoms with Crippen molar-refractivity contribution >= 4 is 23.6 Å². The molecule has 0 saturated carbocycles. The maximum atomic E-state index is 14.4. The first-order valence-corrected chi connectivity index (χ1v) is 18.4. The molecule has 0 saturated heterocycles. The Kier molecular flexibility index (Phi) is 12.9. The first-order valence-electron chi connectivity index (χ1n) is 18.4. The fraction of sp³-hybridized carbons (Fsp3) is 0.395. The minimum Gasteiger partial charge on any atom is -0.410 e. The Hall–Kier alpha value is -4.58. The molecule has 0 spiro atoms. The Labute approximate surface area is 293 Å². The summed E-state index contributed by atoms with van der Waals surface area (Å²) in [6, 6.07) is 27.6. The fourth-order valence-electron chi connectivity index (χ4n) is 6.67. The van der Waals surface area contributed by atoms with Crippen LogP contribution < -0.4 is 19.3 Å². The van der Waals surface area contributed by atoms with Gasteiger partial charge in [0.2, 0.25) is 0 Å². The summed E-state index contributed by atoms with van der Waals surface area (Å²) < 4.78 is 12.6. The van der Waals surface area contributed by atoms with E-state index in [0.717, 1.165) is 99.3 Å². The summed E-state index contributed by atoms with van der Waals surface area (Å²) in [7, 11) is 0. The van der Waals surface area contributed by atoms with E-state index < -0.39 is 12.2 Å². The largest absolute Gasteiger partial charge is 0.421 e. The molecule has 0 aromatic heterocycles. The lowest BCUT2D eigenvalue weighted by molar-refractivity contribution is 0.202. The number of carbonyl (C=O) groups excluding carboxylic acids is 2. The number of para-hydroxylation sites is 2. The van der Waals surface area contributed by atoms with E-state index in [4.69, 9.17) is 9.47 Å². The Balaban J connectivity index is 1.52. The SMILES string of the molecule is CCCCc1cccc(OC(=O)N2CN(C(=O)Oc3cccc(CCCC)c3CCCC)c3ccccc3-c3ccccc32)c1CCCC. The second kappa shape index (κ2) is 17.7. The number of benzene rings is 4. The maximum Gasteiger partial charge on any atom is 0.421 e. The molecule has 0 fully saturated rings. The fourth-order valence-corrected chi connectivity index (χ4v) is 6.67. The molecule has 4 aromatic rings. The first kappa shape index (κ1) is 35.7. The zero-order valence-electron chi connectivity index (χ0n) is 29.8. The van der Waals surface area contributed by atoms with Crippen molar-refractivity contribution in [1.29, 1.82) is 0 Å². The van der Waals surface area contributed by atoms with Crippen LogP contribution in [0, 0.1) is 0 Å². The highest BCUT2D eigenvalue weighted by Crippen LogP contribution is 2.41. The van der Waals surface area contributed by atoms with E-state index in [1.807, 2.05) is 72.8 Å². The average Bonchev–Trinajstić information content (AvgIpc) is 3.27. The molecule has 0 N–H and O–H groups in total. The van der Waals surface area contributed by atoms with E-state index in [1.165, 1.54) is 11.1 Å². The predicted octanol–water partition coefficient (Wildman–Crippen LogP) is 11.7. The Morgan fingerprint density at radius 1 is 0.510 bits per heavy atom. The van der Waals surface area contributed by atoms with Gasteiger partial charge in [0.25, 0.3) is 0 Å². The van der Waals surface area contributed by atoms with E-state index in [0.29, 0.717) is 22.9 Å². The Bertz CT molecular complexity index is 1590. The second-order valence-corrected chi connectivity index (χ2v) is 13.0. The van der Waals surface area contributed by atoms with Crippen LogP contribution in [0.5, 0.6) is 11.5 Å². The minimum absolute atomic E-state index is 0.0642. The molecule has 1 aliphatic heterocycles. The van der Waals surface area contributed by atoms with Crippen LogP contribution in [0.15, 0.2) is 84.9 Å². The lowest BCUT2D eigenvalue weighted by Crippen LogP contribution is -2.46. The molecule has 4 aromatic carbocycles. The van der Waals surface area contributed by atoms with Crippen molar-refractivity contribution in [3.05, 3.63) is 107 Å². The van der Waals surface area contributed by atoms with Gasteiger partial charge in [-0.25, -0.2) is 9.59 Å². The first-order chi connectivity index (χ1) is 24.0. The molecule has 0 unspecified atom stereocenters. The van der Waals surface area contributed by atoms with Gasteiger partial charge in [0.1, 0.15) is 18.2 Å². The monoisotopic (exact) mass is 660 g/mol. The van der Waals surface area contributed by atoms with Crippen LogP contribution >= 0.6 is 0 Å². The van der Waals surface area contributed by atoms with Crippen molar-refractivity contribution in [3.8, 4) is 22.6 Å². The average molecular weight is 661 g/mol. The summed E-state index contributed by atoms with van der Waals surface area (Å²) in [5, 5.41) is 0. The molecule has 1 heterocycles. The van der Waals surface area contributed by atoms with Gasteiger partial charge >= 0.3 is 12.2 Å². The number of fused-ring (bicyclic) bond motifs is 3. The Morgan fingerprint density at radius 2 is 0.898 bits per heavy atom. The number of hydrogen-bond acceptors (Lipinski definition) is 4. The van der Waals surface area contributed by atoms with E-state index in [-0.39, 0.29) is 6.67 Å². The summed E-state index contributed by atoms with van der Waals surface area (Å²) in [5.74, 6) is 1.18. The number of aryl methyl sites for hydroxylation is 2. The van der Waals surface area contributed by atoms with E-state index >= 15 is 0 Å². The van der Waals surface area contributed by atoms with Gasteiger partial charge < -0.3 is 9.47 Å². The van der Waals surface area contributed by atoms with Crippen LogP contribution in [0.3, 0.4) is 0 Å². The molecular formula is C43H52N2O4. The highest BCUT2D eigenvalue weighted by atomic mass is 16.6. The van der Waals surface area contributed by atoms with Crippen LogP contribution in [0.2, 0.25) is 0 Å². The molecular weight excluding hydrogens is 608 g/mol. The van der Waals surface area contributed by atoms with Crippen molar-refractivity contribution in [3.63, 3.8) is 0 Å². The highest BCUT2D eigenvalue weighted by molar-refractivity contribution is 6.04. The van der Waals surface area contributed by atoms with Crippen LogP contribution in [0.4, 0.5) is 21.0 Å². The molecule has 49 heavy (non-hydrogen) atoms. The van der Waals surface area contributed by atoms with Crippen molar-refractivity contribution < 1.29 is 19.1 Å². The molecule has 1 aliphatic rings. The molecule has 0 radical (unpaired) electrons. The number of rotatable bonds is 14. The molecule has 258 valence electrons. The van der Waals surface area contributed by atoms with Gasteiger partial charge in [0.15, 0.2) is 0 Å². The van der Waals surface area contributed by atoms with Gasteiger partial charge in [0.05, 0.1) is 11.4 Å². The number of amides is 2. The summed E-state index contributed by atoms with van der Waals surface area (Å²) in [6.45, 7) is 8.67. The lowest BCUT2D eigenvalue weighted by atomic mass is 9.97. The maximum absolute atomic E-state index is 14.4. The van der Waals surface area contributed by atoms with Gasteiger partial charge in [-0.05, 0) is 97.9 Å². The van der Waals surface area contributed by atoms with Gasteiger partial charge in [-0.1, -0.05) is 114 Å². The van der Waals surface area contributed by atoms with Crippen LogP contribution in [0.25, 0.3) is 11.1 Å². The van der Waals surface area contributed by atoms with E-state index in [9.17, 15) is 9.59 Å². The van der Waals surface area contributed by atoms with Gasteiger partial charge in [-0.3, -0.25) is 9.80 Å². The summed E-state index contributed by atoms with van der Waals surface area (Å²) in [5.41, 5.74) is 7.70. The van der Waals surface area contributed by atoms with Gasteiger partial charge in [-0.15, -0.1) is 0 Å². The van der Waals surface area contributed by atoms with Crippen LogP contribution in [-0.4, -0.2) is 18.9 Å². The molecule has 0 bridgehead atoms. The number of nitrogens with zero attached hydrogens (tertiary/aromatic N) is 2. The molecule has 6 nitrogen and oxygen atoms in total. The number of carbonyl (C=O) groups is 2. The third kappa shape index (κ3) is 8.54. The third-order valence-electron chi connectivity index (χ3n) is 9.42. The van der Waals surface area contributed by atoms with Gasteiger partial charge in [-0.2, -0.15) is 0 Å². The second-order valence-electron chi connectivity index (χ2n) is 13.0. The summed E-state index contributed by atoms with van der Waals surface area (Å²) in [4.78, 5) is 31.8. The van der Waals surface area contributed by atoms with Crippen molar-refractivity contribution in [2.24, 2.45) is 0 Å². The smallest absolute Gasteiger partial charge is 0.410 e. The predicted molar refractivity (Wildman–Crippen MR) is 201 cm³/mol. The lowest BCUT2D eigenvalue weighted by Gasteiger charge is -2.28. The molecule has 5 rings (SSSR count). The zero-order chi connectivity index (χ0) is 34.6. The van der Waals surface area contributed by atoms with Gasteiger partial charge in [0, 0.05) is 11.1 Å². The van der Waals surface area contributed by atoms with Crippen molar-refractivity contribution in [2.45, 2.75) is 105 Å². The standard InChI is InChI=1S/C43H52N2O4/c1-5-9-19-32-21-17-29-40(34(32)23-11-7-3)48-42(46)44-31-45(39-28-16-14-26-37(39)36-25-13-15-27-38(36)44)43(47)49-41-30-18-22-33(20-10-6-2)35(41)24-12-8-4/h13-18,21-22,25-30H,5-12,19-20,23-24,31H2,1-4H3.